The predicted octanol–water partition coefficient (Wildman–Crippen LogP) is 4.86. The van der Waals surface area contributed by atoms with Gasteiger partial charge in [-0.3, -0.25) is 9.59 Å². The molecule has 2 amide bonds. The standard InChI is InChI=1S/C27H23ClN4O5S/c1-2-36-22-13-16(7-12-21(22)37-27(35)17-8-10-18(28)11-9-17)15-30-32-25(34)24(33)31-26-20(14-29)19-5-3-4-6-23(19)38-26/h7-13,15H,2-6H2,1H3,(H,31,33)(H,32,34). The number of anilines is 1. The van der Waals surface area contributed by atoms with Gasteiger partial charge in [0.15, 0.2) is 11.5 Å². The van der Waals surface area contributed by atoms with Crippen molar-refractivity contribution in [2.45, 2.75) is 32.6 Å². The summed E-state index contributed by atoms with van der Waals surface area (Å²) in [5, 5.41) is 16.8. The molecule has 4 rings (SSSR count). The molecule has 0 atom stereocenters. The second kappa shape index (κ2) is 12.4. The molecule has 9 nitrogen and oxygen atoms in total. The van der Waals surface area contributed by atoms with E-state index in [1.807, 2.05) is 0 Å². The zero-order valence-electron chi connectivity index (χ0n) is 20.4. The first-order valence-electron chi connectivity index (χ1n) is 11.8. The number of carbonyl (C=O) groups excluding carboxylic acids is 3. The summed E-state index contributed by atoms with van der Waals surface area (Å²) >= 11 is 7.20. The lowest BCUT2D eigenvalue weighted by Crippen LogP contribution is -2.32. The van der Waals surface area contributed by atoms with E-state index in [4.69, 9.17) is 21.1 Å². The van der Waals surface area contributed by atoms with Gasteiger partial charge in [0, 0.05) is 9.90 Å². The van der Waals surface area contributed by atoms with Gasteiger partial charge >= 0.3 is 17.8 Å². The summed E-state index contributed by atoms with van der Waals surface area (Å²) in [5.41, 5.74) is 4.42. The second-order valence-electron chi connectivity index (χ2n) is 8.22. The Labute approximate surface area is 228 Å². The Balaban J connectivity index is 1.39. The molecule has 0 saturated heterocycles. The molecular formula is C27H23ClN4O5S. The maximum absolute atomic E-state index is 12.5. The summed E-state index contributed by atoms with van der Waals surface area (Å²) in [5.74, 6) is -1.96. The summed E-state index contributed by atoms with van der Waals surface area (Å²) in [6.07, 6.45) is 5.02. The van der Waals surface area contributed by atoms with Gasteiger partial charge in [-0.25, -0.2) is 10.2 Å². The number of hydrogen-bond donors (Lipinski definition) is 2. The van der Waals surface area contributed by atoms with Gasteiger partial charge in [-0.15, -0.1) is 11.3 Å². The number of nitrogens with one attached hydrogen (secondary N) is 2. The van der Waals surface area contributed by atoms with Crippen LogP contribution in [-0.2, 0) is 22.4 Å². The van der Waals surface area contributed by atoms with E-state index in [0.717, 1.165) is 36.1 Å². The lowest BCUT2D eigenvalue weighted by molar-refractivity contribution is -0.136. The van der Waals surface area contributed by atoms with Gasteiger partial charge in [0.05, 0.1) is 23.9 Å². The Morgan fingerprint density at radius 2 is 1.87 bits per heavy atom. The number of fused-ring (bicyclic) bond motifs is 1. The van der Waals surface area contributed by atoms with Crippen LogP contribution in [0.5, 0.6) is 11.5 Å². The van der Waals surface area contributed by atoms with Gasteiger partial charge in [0.25, 0.3) is 0 Å². The molecule has 3 aromatic rings. The zero-order chi connectivity index (χ0) is 27.1. The number of rotatable bonds is 7. The molecule has 0 bridgehead atoms. The van der Waals surface area contributed by atoms with E-state index in [1.54, 1.807) is 43.3 Å². The molecule has 1 aliphatic carbocycles. The van der Waals surface area contributed by atoms with Crippen LogP contribution in [0.3, 0.4) is 0 Å². The number of thiophene rings is 1. The van der Waals surface area contributed by atoms with Gasteiger partial charge in [0.2, 0.25) is 0 Å². The quantitative estimate of drug-likeness (QED) is 0.142. The molecule has 1 aliphatic rings. The minimum Gasteiger partial charge on any atom is -0.490 e. The molecule has 194 valence electrons. The number of carbonyl (C=O) groups is 3. The van der Waals surface area contributed by atoms with E-state index in [1.165, 1.54) is 23.6 Å². The number of nitriles is 1. The number of halogens is 1. The molecular weight excluding hydrogens is 528 g/mol. The van der Waals surface area contributed by atoms with Gasteiger partial charge < -0.3 is 14.8 Å². The molecule has 0 spiro atoms. The van der Waals surface area contributed by atoms with E-state index < -0.39 is 17.8 Å². The van der Waals surface area contributed by atoms with E-state index in [-0.39, 0.29) is 5.75 Å². The number of benzene rings is 2. The lowest BCUT2D eigenvalue weighted by atomic mass is 9.96. The molecule has 0 fully saturated rings. The van der Waals surface area contributed by atoms with Crippen molar-refractivity contribution in [2.24, 2.45) is 5.10 Å². The van der Waals surface area contributed by atoms with Crippen LogP contribution in [0.25, 0.3) is 0 Å². The maximum Gasteiger partial charge on any atom is 0.343 e. The molecule has 0 aliphatic heterocycles. The Hall–Kier alpha value is -4.20. The maximum atomic E-state index is 12.5. The van der Waals surface area contributed by atoms with Crippen LogP contribution in [0.2, 0.25) is 5.02 Å². The molecule has 0 saturated carbocycles. The van der Waals surface area contributed by atoms with Crippen LogP contribution in [-0.4, -0.2) is 30.6 Å². The van der Waals surface area contributed by atoms with Crippen LogP contribution >= 0.6 is 22.9 Å². The largest absolute Gasteiger partial charge is 0.490 e. The summed E-state index contributed by atoms with van der Waals surface area (Å²) in [6.45, 7) is 2.10. The monoisotopic (exact) mass is 550 g/mol. The van der Waals surface area contributed by atoms with Gasteiger partial charge in [-0.05, 0) is 86.2 Å². The first kappa shape index (κ1) is 26.9. The number of esters is 1. The predicted molar refractivity (Wildman–Crippen MR) is 144 cm³/mol. The second-order valence-corrected chi connectivity index (χ2v) is 9.76. The Morgan fingerprint density at radius 3 is 2.61 bits per heavy atom. The Morgan fingerprint density at radius 1 is 1.11 bits per heavy atom. The van der Waals surface area contributed by atoms with Crippen molar-refractivity contribution in [2.75, 3.05) is 11.9 Å². The van der Waals surface area contributed by atoms with E-state index in [9.17, 15) is 19.6 Å². The smallest absolute Gasteiger partial charge is 0.343 e. The molecule has 11 heteroatoms. The molecule has 2 N–H and O–H groups in total. The average molecular weight is 551 g/mol. The SMILES string of the molecule is CCOc1cc(C=NNC(=O)C(=O)Nc2sc3c(c2C#N)CCCC3)ccc1OC(=O)c1ccc(Cl)cc1. The lowest BCUT2D eigenvalue weighted by Gasteiger charge is -2.11. The normalized spacial score (nSPS) is 12.3. The number of hydrogen-bond acceptors (Lipinski definition) is 8. The fraction of sp³-hybridized carbons (Fsp3) is 0.222. The van der Waals surface area contributed by atoms with Crippen LogP contribution in [0.1, 0.15) is 51.7 Å². The number of amides is 2. The van der Waals surface area contributed by atoms with Gasteiger partial charge in [-0.1, -0.05) is 11.6 Å². The van der Waals surface area contributed by atoms with E-state index in [0.29, 0.717) is 39.1 Å². The van der Waals surface area contributed by atoms with Crippen LogP contribution in [0, 0.1) is 11.3 Å². The van der Waals surface area contributed by atoms with Crippen molar-refractivity contribution in [3.05, 3.63) is 74.6 Å². The first-order valence-corrected chi connectivity index (χ1v) is 13.0. The number of hydrazone groups is 1. The molecule has 1 aromatic heterocycles. The van der Waals surface area contributed by atoms with Crippen molar-refractivity contribution < 1.29 is 23.9 Å². The Bertz CT molecular complexity index is 1440. The van der Waals surface area contributed by atoms with Gasteiger partial charge in [0.1, 0.15) is 11.1 Å². The first-order chi connectivity index (χ1) is 18.4. The highest BCUT2D eigenvalue weighted by molar-refractivity contribution is 7.16. The summed E-state index contributed by atoms with van der Waals surface area (Å²) in [4.78, 5) is 38.2. The van der Waals surface area contributed by atoms with E-state index in [2.05, 4.69) is 21.9 Å². The topological polar surface area (TPSA) is 130 Å². The third-order valence-corrected chi connectivity index (χ3v) is 7.11. The highest BCUT2D eigenvalue weighted by Crippen LogP contribution is 2.37. The summed E-state index contributed by atoms with van der Waals surface area (Å²) in [7, 11) is 0. The summed E-state index contributed by atoms with van der Waals surface area (Å²) in [6, 6.07) is 13.2. The van der Waals surface area contributed by atoms with Gasteiger partial charge in [-0.2, -0.15) is 10.4 Å². The number of ether oxygens (including phenoxy) is 2. The highest BCUT2D eigenvalue weighted by atomic mass is 35.5. The Kier molecular flexibility index (Phi) is 8.73. The van der Waals surface area contributed by atoms with Crippen molar-refractivity contribution >= 4 is 51.9 Å². The molecule has 0 unspecified atom stereocenters. The molecule has 38 heavy (non-hydrogen) atoms. The minimum absolute atomic E-state index is 0.208. The van der Waals surface area contributed by atoms with Crippen molar-refractivity contribution in [3.63, 3.8) is 0 Å². The third kappa shape index (κ3) is 6.37. The number of nitrogens with zero attached hydrogens (tertiary/aromatic N) is 2. The van der Waals surface area contributed by atoms with Crippen molar-refractivity contribution in [1.29, 1.82) is 5.26 Å². The fourth-order valence-electron chi connectivity index (χ4n) is 3.85. The van der Waals surface area contributed by atoms with Crippen molar-refractivity contribution in [1.82, 2.24) is 5.43 Å². The molecule has 2 aromatic carbocycles. The number of aryl methyl sites for hydroxylation is 1. The zero-order valence-corrected chi connectivity index (χ0v) is 21.9. The van der Waals surface area contributed by atoms with Crippen LogP contribution in [0.4, 0.5) is 5.00 Å². The highest BCUT2D eigenvalue weighted by Gasteiger charge is 2.23. The molecule has 1 heterocycles. The summed E-state index contributed by atoms with van der Waals surface area (Å²) < 4.78 is 11.0. The van der Waals surface area contributed by atoms with Crippen LogP contribution < -0.4 is 20.2 Å². The van der Waals surface area contributed by atoms with Crippen LogP contribution in [0.15, 0.2) is 47.6 Å². The fourth-order valence-corrected chi connectivity index (χ4v) is 5.21. The molecule has 0 radical (unpaired) electrons. The minimum atomic E-state index is -0.977. The van der Waals surface area contributed by atoms with Crippen molar-refractivity contribution in [3.8, 4) is 17.6 Å². The van der Waals surface area contributed by atoms with E-state index >= 15 is 0 Å². The third-order valence-electron chi connectivity index (χ3n) is 5.65. The average Bonchev–Trinajstić information content (AvgIpc) is 3.27.